The molecule has 0 aliphatic rings. The van der Waals surface area contributed by atoms with E-state index in [0.717, 1.165) is 11.1 Å². The minimum Gasteiger partial charge on any atom is -0.476 e. The first-order chi connectivity index (χ1) is 10.1. The van der Waals surface area contributed by atoms with E-state index in [9.17, 15) is 9.18 Å². The van der Waals surface area contributed by atoms with Crippen LogP contribution in [0.4, 0.5) is 4.39 Å². The van der Waals surface area contributed by atoms with Crippen LogP contribution in [0.1, 0.15) is 21.6 Å². The number of nitrogens with one attached hydrogen (secondary N) is 1. The molecule has 0 fully saturated rings. The predicted molar refractivity (Wildman–Crippen MR) is 75.1 cm³/mol. The second-order valence-electron chi connectivity index (χ2n) is 4.48. The zero-order chi connectivity index (χ0) is 15.0. The van der Waals surface area contributed by atoms with Crippen molar-refractivity contribution < 1.29 is 14.3 Å². The molecule has 0 spiro atoms. The highest BCUT2D eigenvalue weighted by atomic mass is 35.5. The Morgan fingerprint density at radius 3 is 2.81 bits per heavy atom. The van der Waals surface area contributed by atoms with E-state index in [4.69, 9.17) is 16.7 Å². The summed E-state index contributed by atoms with van der Waals surface area (Å²) in [6, 6.07) is 5.89. The number of fused-ring (bicyclic) bond motifs is 1. The Morgan fingerprint density at radius 2 is 2.10 bits per heavy atom. The molecule has 7 heteroatoms. The van der Waals surface area contributed by atoms with E-state index in [1.165, 1.54) is 18.3 Å². The fourth-order valence-electron chi connectivity index (χ4n) is 2.13. The van der Waals surface area contributed by atoms with Gasteiger partial charge in [-0.05, 0) is 29.3 Å². The van der Waals surface area contributed by atoms with Crippen molar-refractivity contribution in [2.45, 2.75) is 6.42 Å². The second-order valence-corrected chi connectivity index (χ2v) is 4.89. The third-order valence-electron chi connectivity index (χ3n) is 3.13. The summed E-state index contributed by atoms with van der Waals surface area (Å²) in [6.07, 6.45) is 1.92. The summed E-state index contributed by atoms with van der Waals surface area (Å²) in [5.41, 5.74) is 2.19. The number of pyridine rings is 1. The molecule has 0 radical (unpaired) electrons. The van der Waals surface area contributed by atoms with Gasteiger partial charge in [0.2, 0.25) is 0 Å². The molecule has 0 saturated carbocycles. The van der Waals surface area contributed by atoms with Gasteiger partial charge in [0, 0.05) is 17.6 Å². The number of nitrogens with zero attached hydrogens (tertiary/aromatic N) is 2. The maximum Gasteiger partial charge on any atom is 0.356 e. The third-order valence-corrected chi connectivity index (χ3v) is 3.49. The lowest BCUT2D eigenvalue weighted by Gasteiger charge is -2.05. The summed E-state index contributed by atoms with van der Waals surface area (Å²) in [4.78, 5) is 15.1. The number of halogens is 2. The molecule has 0 aliphatic heterocycles. The topological polar surface area (TPSA) is 78.9 Å². The Kier molecular flexibility index (Phi) is 3.31. The van der Waals surface area contributed by atoms with Crippen LogP contribution in [0.2, 0.25) is 5.02 Å². The van der Waals surface area contributed by atoms with E-state index < -0.39 is 11.8 Å². The molecule has 0 aliphatic carbocycles. The SMILES string of the molecule is O=C(O)c1[nH]nc2c(Cc3ccc(F)cc3Cl)ccnc12. The molecule has 3 aromatic rings. The number of carboxylic acid groups (broad SMARTS) is 1. The summed E-state index contributed by atoms with van der Waals surface area (Å²) in [7, 11) is 0. The average Bonchev–Trinajstić information content (AvgIpc) is 2.87. The van der Waals surface area contributed by atoms with E-state index in [-0.39, 0.29) is 5.69 Å². The Bertz CT molecular complexity index is 847. The molecule has 3 rings (SSSR count). The van der Waals surface area contributed by atoms with Gasteiger partial charge in [-0.25, -0.2) is 9.18 Å². The number of H-pyrrole nitrogens is 1. The summed E-state index contributed by atoms with van der Waals surface area (Å²) in [5.74, 6) is -1.53. The summed E-state index contributed by atoms with van der Waals surface area (Å²) < 4.78 is 13.1. The molecule has 106 valence electrons. The van der Waals surface area contributed by atoms with Gasteiger partial charge in [-0.1, -0.05) is 17.7 Å². The van der Waals surface area contributed by atoms with Crippen LogP contribution in [0.5, 0.6) is 0 Å². The van der Waals surface area contributed by atoms with Gasteiger partial charge in [0.15, 0.2) is 5.69 Å². The third kappa shape index (κ3) is 2.45. The lowest BCUT2D eigenvalue weighted by atomic mass is 10.0. The number of aromatic carboxylic acids is 1. The molecule has 2 N–H and O–H groups in total. The highest BCUT2D eigenvalue weighted by Crippen LogP contribution is 2.24. The van der Waals surface area contributed by atoms with Gasteiger partial charge in [-0.15, -0.1) is 0 Å². The molecule has 0 bridgehead atoms. The van der Waals surface area contributed by atoms with E-state index in [1.807, 2.05) is 0 Å². The van der Waals surface area contributed by atoms with Crippen molar-refractivity contribution in [2.75, 3.05) is 0 Å². The molecular formula is C14H9ClFN3O2. The van der Waals surface area contributed by atoms with E-state index in [2.05, 4.69) is 15.2 Å². The minimum absolute atomic E-state index is 0.0583. The lowest BCUT2D eigenvalue weighted by molar-refractivity contribution is 0.0692. The first kappa shape index (κ1) is 13.5. The van der Waals surface area contributed by atoms with Crippen molar-refractivity contribution in [2.24, 2.45) is 0 Å². The number of hydrogen-bond donors (Lipinski definition) is 2. The molecule has 0 saturated heterocycles. The maximum absolute atomic E-state index is 13.1. The number of carboxylic acids is 1. The summed E-state index contributed by atoms with van der Waals surface area (Å²) in [6.45, 7) is 0. The summed E-state index contributed by atoms with van der Waals surface area (Å²) in [5, 5.41) is 15.8. The van der Waals surface area contributed by atoms with Crippen LogP contribution in [0.25, 0.3) is 11.0 Å². The van der Waals surface area contributed by atoms with Crippen LogP contribution in [0.3, 0.4) is 0 Å². The van der Waals surface area contributed by atoms with Crippen LogP contribution in [-0.4, -0.2) is 26.3 Å². The average molecular weight is 306 g/mol. The van der Waals surface area contributed by atoms with Gasteiger partial charge < -0.3 is 5.11 Å². The van der Waals surface area contributed by atoms with Gasteiger partial charge in [0.05, 0.1) is 0 Å². The molecular weight excluding hydrogens is 297 g/mol. The van der Waals surface area contributed by atoms with Crippen LogP contribution >= 0.6 is 11.6 Å². The molecule has 0 atom stereocenters. The fourth-order valence-corrected chi connectivity index (χ4v) is 2.36. The fraction of sp³-hybridized carbons (Fsp3) is 0.0714. The molecule has 2 aromatic heterocycles. The van der Waals surface area contributed by atoms with Crippen LogP contribution in [0.15, 0.2) is 30.5 Å². The van der Waals surface area contributed by atoms with Crippen LogP contribution in [-0.2, 0) is 6.42 Å². The Morgan fingerprint density at radius 1 is 1.29 bits per heavy atom. The monoisotopic (exact) mass is 305 g/mol. The van der Waals surface area contributed by atoms with E-state index >= 15 is 0 Å². The number of hydrogen-bond acceptors (Lipinski definition) is 3. The maximum atomic E-state index is 13.1. The van der Waals surface area contributed by atoms with Crippen LogP contribution in [0, 0.1) is 5.82 Å². The van der Waals surface area contributed by atoms with Crippen LogP contribution < -0.4 is 0 Å². The molecule has 1 aromatic carbocycles. The number of aromatic amines is 1. The second kappa shape index (κ2) is 5.14. The minimum atomic E-state index is -1.12. The van der Waals surface area contributed by atoms with Gasteiger partial charge >= 0.3 is 5.97 Å². The summed E-state index contributed by atoms with van der Waals surface area (Å²) >= 11 is 6.01. The highest BCUT2D eigenvalue weighted by Gasteiger charge is 2.16. The van der Waals surface area contributed by atoms with Crippen molar-refractivity contribution >= 4 is 28.6 Å². The number of aromatic nitrogens is 3. The largest absolute Gasteiger partial charge is 0.476 e. The van der Waals surface area contributed by atoms with Crippen molar-refractivity contribution in [1.29, 1.82) is 0 Å². The molecule has 2 heterocycles. The van der Waals surface area contributed by atoms with Gasteiger partial charge in [0.25, 0.3) is 0 Å². The van der Waals surface area contributed by atoms with Gasteiger partial charge in [0.1, 0.15) is 16.9 Å². The zero-order valence-corrected chi connectivity index (χ0v) is 11.4. The smallest absolute Gasteiger partial charge is 0.356 e. The first-order valence-electron chi connectivity index (χ1n) is 6.05. The molecule has 21 heavy (non-hydrogen) atoms. The Labute approximate surface area is 123 Å². The number of carbonyl (C=O) groups is 1. The van der Waals surface area contributed by atoms with Crippen molar-refractivity contribution in [3.63, 3.8) is 0 Å². The zero-order valence-electron chi connectivity index (χ0n) is 10.6. The highest BCUT2D eigenvalue weighted by molar-refractivity contribution is 6.31. The lowest BCUT2D eigenvalue weighted by Crippen LogP contribution is -1.98. The van der Waals surface area contributed by atoms with Crippen molar-refractivity contribution in [3.05, 3.63) is 58.1 Å². The predicted octanol–water partition coefficient (Wildman–Crippen LogP) is 3.04. The normalized spacial score (nSPS) is 11.0. The van der Waals surface area contributed by atoms with Gasteiger partial charge in [-0.2, -0.15) is 5.10 Å². The standard InChI is InChI=1S/C14H9ClFN3O2/c15-10-6-9(16)2-1-7(10)5-8-3-4-17-12-11(8)18-19-13(12)14(20)21/h1-4,6H,5H2,(H,18,19)(H,20,21). The van der Waals surface area contributed by atoms with Gasteiger partial charge in [-0.3, -0.25) is 10.1 Å². The molecule has 0 amide bonds. The first-order valence-corrected chi connectivity index (χ1v) is 6.43. The van der Waals surface area contributed by atoms with Crippen molar-refractivity contribution in [3.8, 4) is 0 Å². The van der Waals surface area contributed by atoms with Crippen molar-refractivity contribution in [1.82, 2.24) is 15.2 Å². The Hall–Kier alpha value is -2.47. The number of benzene rings is 1. The van der Waals surface area contributed by atoms with E-state index in [0.29, 0.717) is 22.5 Å². The number of rotatable bonds is 3. The quantitative estimate of drug-likeness (QED) is 0.779. The van der Waals surface area contributed by atoms with E-state index in [1.54, 1.807) is 12.1 Å². The molecule has 5 nitrogen and oxygen atoms in total. The Balaban J connectivity index is 2.07. The molecule has 0 unspecified atom stereocenters.